The van der Waals surface area contributed by atoms with Crippen LogP contribution in [0.4, 0.5) is 9.39 Å². The summed E-state index contributed by atoms with van der Waals surface area (Å²) >= 11 is 1.07. The van der Waals surface area contributed by atoms with Crippen molar-refractivity contribution in [3.63, 3.8) is 0 Å². The van der Waals surface area contributed by atoms with Gasteiger partial charge in [0, 0.05) is 34.3 Å². The first-order chi connectivity index (χ1) is 12.5. The number of nitrogens with one attached hydrogen (secondary N) is 1. The Labute approximate surface area is 151 Å². The summed E-state index contributed by atoms with van der Waals surface area (Å²) in [6.45, 7) is 0. The maximum absolute atomic E-state index is 13.3. The minimum atomic E-state index is -1.19. The third-order valence-corrected chi connectivity index (χ3v) is 4.47. The number of methoxy groups -OCH3 is 1. The third kappa shape index (κ3) is 3.55. The Morgan fingerprint density at radius 3 is 2.69 bits per heavy atom. The van der Waals surface area contributed by atoms with Gasteiger partial charge in [0.2, 0.25) is 5.88 Å². The van der Waals surface area contributed by atoms with Crippen LogP contribution in [0.2, 0.25) is 0 Å². The van der Waals surface area contributed by atoms with Crippen LogP contribution in [0.25, 0.3) is 11.1 Å². The predicted octanol–water partition coefficient (Wildman–Crippen LogP) is 3.91. The lowest BCUT2D eigenvalue weighted by molar-refractivity contribution is 0.0699. The van der Waals surface area contributed by atoms with Crippen molar-refractivity contribution in [3.05, 3.63) is 64.9 Å². The van der Waals surface area contributed by atoms with Gasteiger partial charge in [-0.3, -0.25) is 4.79 Å². The lowest BCUT2D eigenvalue weighted by Crippen LogP contribution is -2.13. The Bertz CT molecular complexity index is 970. The number of benzene rings is 1. The molecule has 2 heterocycles. The number of hydrogen-bond acceptors (Lipinski definition) is 5. The van der Waals surface area contributed by atoms with E-state index >= 15 is 0 Å². The standard InChI is InChI=1S/C18H13FN2O4S/c1-25-14-6-5-11(8-20-14)13-9-26-17(15(13)18(23)24)21-16(22)10-3-2-4-12(19)7-10/h2-9H,1H3,(H,21,22)(H,23,24). The highest BCUT2D eigenvalue weighted by Crippen LogP contribution is 2.36. The van der Waals surface area contributed by atoms with Gasteiger partial charge in [-0.05, 0) is 24.3 Å². The Morgan fingerprint density at radius 2 is 2.08 bits per heavy atom. The molecule has 3 aromatic rings. The van der Waals surface area contributed by atoms with Crippen molar-refractivity contribution >= 4 is 28.2 Å². The molecule has 0 saturated carbocycles. The summed E-state index contributed by atoms with van der Waals surface area (Å²) in [4.78, 5) is 28.1. The molecular formula is C18H13FN2O4S. The number of pyridine rings is 1. The summed E-state index contributed by atoms with van der Waals surface area (Å²) in [6, 6.07) is 8.45. The first kappa shape index (κ1) is 17.6. The summed E-state index contributed by atoms with van der Waals surface area (Å²) in [6.07, 6.45) is 1.49. The normalized spacial score (nSPS) is 10.4. The zero-order chi connectivity index (χ0) is 18.7. The lowest BCUT2D eigenvalue weighted by Gasteiger charge is -2.06. The summed E-state index contributed by atoms with van der Waals surface area (Å²) in [7, 11) is 1.48. The molecule has 0 unspecified atom stereocenters. The maximum atomic E-state index is 13.3. The van der Waals surface area contributed by atoms with Crippen LogP contribution in [0, 0.1) is 5.82 Å². The molecule has 2 N–H and O–H groups in total. The zero-order valence-electron chi connectivity index (χ0n) is 13.5. The number of carboxylic acids is 1. The van der Waals surface area contributed by atoms with E-state index in [4.69, 9.17) is 4.74 Å². The average Bonchev–Trinajstić information content (AvgIpc) is 3.05. The molecule has 0 bridgehead atoms. The van der Waals surface area contributed by atoms with Gasteiger partial charge in [-0.1, -0.05) is 6.07 Å². The van der Waals surface area contributed by atoms with Crippen LogP contribution in [0.15, 0.2) is 48.0 Å². The van der Waals surface area contributed by atoms with Crippen LogP contribution in [0.5, 0.6) is 5.88 Å². The second-order valence-electron chi connectivity index (χ2n) is 5.21. The molecule has 3 rings (SSSR count). The van der Waals surface area contributed by atoms with E-state index in [2.05, 4.69) is 10.3 Å². The van der Waals surface area contributed by atoms with E-state index in [9.17, 15) is 19.1 Å². The highest BCUT2D eigenvalue weighted by Gasteiger charge is 2.22. The smallest absolute Gasteiger partial charge is 0.339 e. The first-order valence-electron chi connectivity index (χ1n) is 7.41. The molecule has 132 valence electrons. The van der Waals surface area contributed by atoms with Crippen LogP contribution < -0.4 is 10.1 Å². The number of carbonyl (C=O) groups excluding carboxylic acids is 1. The highest BCUT2D eigenvalue weighted by molar-refractivity contribution is 7.15. The number of ether oxygens (including phenoxy) is 1. The quantitative estimate of drug-likeness (QED) is 0.709. The SMILES string of the molecule is COc1ccc(-c2csc(NC(=O)c3cccc(F)c3)c2C(=O)O)cn1. The molecule has 0 radical (unpaired) electrons. The number of thiophene rings is 1. The number of carbonyl (C=O) groups is 2. The zero-order valence-corrected chi connectivity index (χ0v) is 14.3. The fourth-order valence-corrected chi connectivity index (χ4v) is 3.30. The van der Waals surface area contributed by atoms with Gasteiger partial charge in [0.1, 0.15) is 16.4 Å². The van der Waals surface area contributed by atoms with E-state index in [-0.39, 0.29) is 16.1 Å². The van der Waals surface area contributed by atoms with Crippen LogP contribution >= 0.6 is 11.3 Å². The first-order valence-corrected chi connectivity index (χ1v) is 8.29. The molecule has 1 aromatic carbocycles. The minimum absolute atomic E-state index is 0.0493. The van der Waals surface area contributed by atoms with Crippen molar-refractivity contribution in [2.75, 3.05) is 12.4 Å². The number of amides is 1. The molecule has 0 aliphatic rings. The second-order valence-corrected chi connectivity index (χ2v) is 6.09. The van der Waals surface area contributed by atoms with Gasteiger partial charge in [-0.2, -0.15) is 0 Å². The number of halogens is 1. The molecular weight excluding hydrogens is 359 g/mol. The fourth-order valence-electron chi connectivity index (χ4n) is 2.34. The van der Waals surface area contributed by atoms with Crippen molar-refractivity contribution in [2.24, 2.45) is 0 Å². The molecule has 26 heavy (non-hydrogen) atoms. The second kappa shape index (κ2) is 7.32. The molecule has 0 saturated heterocycles. The molecule has 0 aliphatic heterocycles. The molecule has 0 atom stereocenters. The van der Waals surface area contributed by atoms with E-state index in [1.54, 1.807) is 17.5 Å². The van der Waals surface area contributed by atoms with E-state index in [0.717, 1.165) is 17.4 Å². The molecule has 0 fully saturated rings. The highest BCUT2D eigenvalue weighted by atomic mass is 32.1. The van der Waals surface area contributed by atoms with Gasteiger partial charge in [-0.25, -0.2) is 14.2 Å². The van der Waals surface area contributed by atoms with Crippen LogP contribution in [-0.4, -0.2) is 29.1 Å². The van der Waals surface area contributed by atoms with Crippen molar-refractivity contribution in [1.29, 1.82) is 0 Å². The molecule has 0 aliphatic carbocycles. The number of aromatic carboxylic acids is 1. The molecule has 6 nitrogen and oxygen atoms in total. The Kier molecular flexibility index (Phi) is 4.94. The number of nitrogens with zero attached hydrogens (tertiary/aromatic N) is 1. The maximum Gasteiger partial charge on any atom is 0.339 e. The summed E-state index contributed by atoms with van der Waals surface area (Å²) < 4.78 is 18.3. The van der Waals surface area contributed by atoms with E-state index < -0.39 is 17.7 Å². The van der Waals surface area contributed by atoms with Crippen molar-refractivity contribution in [2.45, 2.75) is 0 Å². The average molecular weight is 372 g/mol. The lowest BCUT2D eigenvalue weighted by atomic mass is 10.1. The van der Waals surface area contributed by atoms with Gasteiger partial charge >= 0.3 is 5.97 Å². The number of rotatable bonds is 5. The largest absolute Gasteiger partial charge is 0.481 e. The third-order valence-electron chi connectivity index (χ3n) is 3.58. The number of carboxylic acid groups (broad SMARTS) is 1. The monoisotopic (exact) mass is 372 g/mol. The van der Waals surface area contributed by atoms with Gasteiger partial charge in [0.15, 0.2) is 0 Å². The van der Waals surface area contributed by atoms with Crippen LogP contribution in [0.1, 0.15) is 20.7 Å². The van der Waals surface area contributed by atoms with Gasteiger partial charge in [-0.15, -0.1) is 11.3 Å². The van der Waals surface area contributed by atoms with Gasteiger partial charge < -0.3 is 15.2 Å². The topological polar surface area (TPSA) is 88.5 Å². The van der Waals surface area contributed by atoms with E-state index in [1.165, 1.54) is 31.5 Å². The fraction of sp³-hybridized carbons (Fsp3) is 0.0556. The predicted molar refractivity (Wildman–Crippen MR) is 95.4 cm³/mol. The van der Waals surface area contributed by atoms with Crippen LogP contribution in [-0.2, 0) is 0 Å². The summed E-state index contributed by atoms with van der Waals surface area (Å²) in [5.41, 5.74) is 1.05. The molecule has 0 spiro atoms. The summed E-state index contributed by atoms with van der Waals surface area (Å²) in [5.74, 6) is -1.92. The van der Waals surface area contributed by atoms with Crippen molar-refractivity contribution < 1.29 is 23.8 Å². The van der Waals surface area contributed by atoms with Gasteiger partial charge in [0.25, 0.3) is 5.91 Å². The van der Waals surface area contributed by atoms with Crippen molar-refractivity contribution in [3.8, 4) is 17.0 Å². The van der Waals surface area contributed by atoms with Crippen LogP contribution in [0.3, 0.4) is 0 Å². The van der Waals surface area contributed by atoms with Crippen molar-refractivity contribution in [1.82, 2.24) is 4.98 Å². The number of aromatic nitrogens is 1. The minimum Gasteiger partial charge on any atom is -0.481 e. The van der Waals surface area contributed by atoms with Gasteiger partial charge in [0.05, 0.1) is 7.11 Å². The van der Waals surface area contributed by atoms with E-state index in [1.807, 2.05) is 0 Å². The number of hydrogen-bond donors (Lipinski definition) is 2. The Morgan fingerprint density at radius 1 is 1.27 bits per heavy atom. The molecule has 1 amide bonds. The number of anilines is 1. The molecule has 2 aromatic heterocycles. The Hall–Kier alpha value is -3.26. The molecule has 8 heteroatoms. The summed E-state index contributed by atoms with van der Waals surface area (Å²) in [5, 5.41) is 13.9. The van der Waals surface area contributed by atoms with E-state index in [0.29, 0.717) is 17.0 Å². The Balaban J connectivity index is 1.94.